The van der Waals surface area contributed by atoms with Crippen LogP contribution in [-0.2, 0) is 0 Å². The van der Waals surface area contributed by atoms with Crippen molar-refractivity contribution >= 4 is 5.97 Å². The van der Waals surface area contributed by atoms with E-state index in [1.54, 1.807) is 20.8 Å². The molecule has 6 heteroatoms. The second-order valence-corrected chi connectivity index (χ2v) is 4.38. The zero-order valence-corrected chi connectivity index (χ0v) is 10.9. The van der Waals surface area contributed by atoms with Crippen molar-refractivity contribution in [3.8, 4) is 0 Å². The van der Waals surface area contributed by atoms with Gasteiger partial charge in [-0.25, -0.2) is 4.79 Å². The lowest BCUT2D eigenvalue weighted by Crippen LogP contribution is -2.24. The summed E-state index contributed by atoms with van der Waals surface area (Å²) in [5, 5.41) is 12.8. The summed E-state index contributed by atoms with van der Waals surface area (Å²) in [5.74, 6) is -0.447. The van der Waals surface area contributed by atoms with E-state index in [4.69, 9.17) is 9.63 Å². The third kappa shape index (κ3) is 2.29. The monoisotopic (exact) mass is 262 g/mol. The summed E-state index contributed by atoms with van der Waals surface area (Å²) >= 11 is 0. The Labute approximate surface area is 109 Å². The third-order valence-electron chi connectivity index (χ3n) is 3.11. The molecule has 0 aromatic carbocycles. The van der Waals surface area contributed by atoms with Gasteiger partial charge in [0.15, 0.2) is 0 Å². The van der Waals surface area contributed by atoms with Crippen LogP contribution in [0, 0.1) is 13.8 Å². The predicted molar refractivity (Wildman–Crippen MR) is 67.5 cm³/mol. The Hall–Kier alpha value is -2.37. The summed E-state index contributed by atoms with van der Waals surface area (Å²) in [6, 6.07) is 2.21. The van der Waals surface area contributed by atoms with E-state index in [0.717, 1.165) is 5.56 Å². The van der Waals surface area contributed by atoms with Crippen LogP contribution in [0.15, 0.2) is 27.6 Å². The Morgan fingerprint density at radius 1 is 1.42 bits per heavy atom. The highest BCUT2D eigenvalue weighted by Crippen LogP contribution is 2.23. The molecule has 0 saturated carbocycles. The Morgan fingerprint density at radius 2 is 2.11 bits per heavy atom. The molecule has 0 aliphatic heterocycles. The molecule has 6 nitrogen and oxygen atoms in total. The number of aryl methyl sites for hydroxylation is 2. The van der Waals surface area contributed by atoms with Crippen molar-refractivity contribution in [2.75, 3.05) is 0 Å². The predicted octanol–water partition coefficient (Wildman–Crippen LogP) is 1.76. The molecule has 2 rings (SSSR count). The van der Waals surface area contributed by atoms with Crippen molar-refractivity contribution in [1.29, 1.82) is 0 Å². The molecule has 19 heavy (non-hydrogen) atoms. The van der Waals surface area contributed by atoms with E-state index in [9.17, 15) is 9.59 Å². The van der Waals surface area contributed by atoms with Gasteiger partial charge in [-0.15, -0.1) is 0 Å². The van der Waals surface area contributed by atoms with Crippen LogP contribution in [0.2, 0.25) is 0 Å². The number of nitrogens with zero attached hydrogens (tertiary/aromatic N) is 2. The highest BCUT2D eigenvalue weighted by atomic mass is 16.5. The zero-order valence-electron chi connectivity index (χ0n) is 10.9. The standard InChI is InChI=1S/C13H14N2O4/c1-7-12(9(3)19-14-7)8(2)15-6-10(13(17)18)4-5-11(15)16/h4-6,8H,1-3H3,(H,17,18). The summed E-state index contributed by atoms with van der Waals surface area (Å²) in [5.41, 5.74) is 1.29. The van der Waals surface area contributed by atoms with Gasteiger partial charge in [0.1, 0.15) is 5.76 Å². The van der Waals surface area contributed by atoms with E-state index in [1.807, 2.05) is 0 Å². The molecule has 1 atom stereocenters. The van der Waals surface area contributed by atoms with E-state index in [1.165, 1.54) is 22.9 Å². The van der Waals surface area contributed by atoms with Crippen LogP contribution in [-0.4, -0.2) is 20.8 Å². The van der Waals surface area contributed by atoms with Crippen molar-refractivity contribution in [3.05, 3.63) is 51.3 Å². The molecule has 0 aliphatic rings. The van der Waals surface area contributed by atoms with Gasteiger partial charge in [0.25, 0.3) is 5.56 Å². The summed E-state index contributed by atoms with van der Waals surface area (Å²) in [7, 11) is 0. The molecule has 1 unspecified atom stereocenters. The molecule has 0 spiro atoms. The first-order valence-corrected chi connectivity index (χ1v) is 5.80. The highest BCUT2D eigenvalue weighted by molar-refractivity contribution is 5.87. The highest BCUT2D eigenvalue weighted by Gasteiger charge is 2.19. The van der Waals surface area contributed by atoms with Gasteiger partial charge in [-0.2, -0.15) is 0 Å². The molecule has 0 amide bonds. The minimum Gasteiger partial charge on any atom is -0.478 e. The SMILES string of the molecule is Cc1noc(C)c1C(C)n1cc(C(=O)O)ccc1=O. The van der Waals surface area contributed by atoms with E-state index in [-0.39, 0.29) is 17.2 Å². The fourth-order valence-corrected chi connectivity index (χ4v) is 2.16. The van der Waals surface area contributed by atoms with Gasteiger partial charge < -0.3 is 14.2 Å². The molecule has 2 heterocycles. The molecule has 0 saturated heterocycles. The Bertz CT molecular complexity index is 665. The van der Waals surface area contributed by atoms with Crippen molar-refractivity contribution in [1.82, 2.24) is 9.72 Å². The molecule has 0 aliphatic carbocycles. The molecule has 2 aromatic rings. The number of aromatic nitrogens is 2. The van der Waals surface area contributed by atoms with Gasteiger partial charge in [-0.05, 0) is 26.8 Å². The van der Waals surface area contributed by atoms with Gasteiger partial charge in [0, 0.05) is 17.8 Å². The average Bonchev–Trinajstić information content (AvgIpc) is 2.68. The van der Waals surface area contributed by atoms with Crippen LogP contribution in [0.4, 0.5) is 0 Å². The minimum absolute atomic E-state index is 0.0678. The maximum atomic E-state index is 11.9. The molecule has 1 N–H and O–H groups in total. The van der Waals surface area contributed by atoms with Gasteiger partial charge >= 0.3 is 5.97 Å². The van der Waals surface area contributed by atoms with Crippen LogP contribution in [0.1, 0.15) is 40.3 Å². The smallest absolute Gasteiger partial charge is 0.337 e. The summed E-state index contributed by atoms with van der Waals surface area (Å²) < 4.78 is 6.44. The summed E-state index contributed by atoms with van der Waals surface area (Å²) in [6.07, 6.45) is 1.33. The maximum absolute atomic E-state index is 11.9. The average molecular weight is 262 g/mol. The number of rotatable bonds is 3. The molecular formula is C13H14N2O4. The Kier molecular flexibility index (Phi) is 3.25. The summed E-state index contributed by atoms with van der Waals surface area (Å²) in [4.78, 5) is 22.8. The Balaban J connectivity index is 2.55. The van der Waals surface area contributed by atoms with Crippen LogP contribution in [0.25, 0.3) is 0 Å². The molecule has 2 aromatic heterocycles. The van der Waals surface area contributed by atoms with Gasteiger partial charge in [0.2, 0.25) is 0 Å². The quantitative estimate of drug-likeness (QED) is 0.910. The number of hydrogen-bond acceptors (Lipinski definition) is 4. The number of carboxylic acid groups (broad SMARTS) is 1. The van der Waals surface area contributed by atoms with Crippen molar-refractivity contribution < 1.29 is 14.4 Å². The molecule has 100 valence electrons. The fourth-order valence-electron chi connectivity index (χ4n) is 2.16. The van der Waals surface area contributed by atoms with Crippen LogP contribution in [0.5, 0.6) is 0 Å². The maximum Gasteiger partial charge on any atom is 0.337 e. The second kappa shape index (κ2) is 4.72. The molecule has 0 bridgehead atoms. The fraction of sp³-hybridized carbons (Fsp3) is 0.308. The topological polar surface area (TPSA) is 85.3 Å². The largest absolute Gasteiger partial charge is 0.478 e. The zero-order chi connectivity index (χ0) is 14.2. The van der Waals surface area contributed by atoms with E-state index in [0.29, 0.717) is 11.5 Å². The normalized spacial score (nSPS) is 12.4. The minimum atomic E-state index is -1.07. The Morgan fingerprint density at radius 3 is 2.63 bits per heavy atom. The van der Waals surface area contributed by atoms with Crippen LogP contribution in [0.3, 0.4) is 0 Å². The number of hydrogen-bond donors (Lipinski definition) is 1. The lowest BCUT2D eigenvalue weighted by molar-refractivity contribution is 0.0695. The lowest BCUT2D eigenvalue weighted by Gasteiger charge is -2.15. The first kappa shape index (κ1) is 13.1. The van der Waals surface area contributed by atoms with Gasteiger partial charge in [-0.3, -0.25) is 4.79 Å². The number of aromatic carboxylic acids is 1. The van der Waals surface area contributed by atoms with E-state index >= 15 is 0 Å². The van der Waals surface area contributed by atoms with Crippen molar-refractivity contribution in [2.45, 2.75) is 26.8 Å². The molecule has 0 fully saturated rings. The van der Waals surface area contributed by atoms with Crippen molar-refractivity contribution in [2.24, 2.45) is 0 Å². The second-order valence-electron chi connectivity index (χ2n) is 4.38. The van der Waals surface area contributed by atoms with Crippen molar-refractivity contribution in [3.63, 3.8) is 0 Å². The van der Waals surface area contributed by atoms with Crippen LogP contribution < -0.4 is 5.56 Å². The number of carbonyl (C=O) groups is 1. The molecule has 0 radical (unpaired) electrons. The number of carboxylic acids is 1. The van der Waals surface area contributed by atoms with Gasteiger partial charge in [0.05, 0.1) is 17.3 Å². The van der Waals surface area contributed by atoms with Crippen LogP contribution >= 0.6 is 0 Å². The summed E-state index contributed by atoms with van der Waals surface area (Å²) in [6.45, 7) is 5.35. The van der Waals surface area contributed by atoms with E-state index in [2.05, 4.69) is 5.16 Å². The first-order chi connectivity index (χ1) is 8.91. The third-order valence-corrected chi connectivity index (χ3v) is 3.11. The van der Waals surface area contributed by atoms with Gasteiger partial charge in [-0.1, -0.05) is 5.16 Å². The molecular weight excluding hydrogens is 248 g/mol. The number of pyridine rings is 1. The first-order valence-electron chi connectivity index (χ1n) is 5.80. The van der Waals surface area contributed by atoms with E-state index < -0.39 is 5.97 Å². The lowest BCUT2D eigenvalue weighted by atomic mass is 10.1.